The largest absolute Gasteiger partial charge is 0.506 e. The second kappa shape index (κ2) is 9.89. The van der Waals surface area contributed by atoms with Gasteiger partial charge in [-0.3, -0.25) is 9.97 Å². The molecule has 2 heterocycles. The van der Waals surface area contributed by atoms with E-state index in [9.17, 15) is 10.2 Å². The van der Waals surface area contributed by atoms with Crippen LogP contribution in [0.25, 0.3) is 0 Å². The lowest BCUT2D eigenvalue weighted by molar-refractivity contribution is 0.451. The molecule has 4 aromatic rings. The van der Waals surface area contributed by atoms with Crippen molar-refractivity contribution >= 4 is 28.7 Å². The fourth-order valence-corrected chi connectivity index (χ4v) is 3.23. The minimum absolute atomic E-state index is 0.0896. The first-order valence-corrected chi connectivity index (χ1v) is 10.2. The maximum Gasteiger partial charge on any atom is 0.146 e. The molecule has 0 atom stereocenters. The summed E-state index contributed by atoms with van der Waals surface area (Å²) in [6.07, 6.45) is 3.56. The van der Waals surface area contributed by atoms with Crippen LogP contribution in [0.15, 0.2) is 95.4 Å². The summed E-state index contributed by atoms with van der Waals surface area (Å²) in [4.78, 5) is 11.1. The Bertz CT molecular complexity index is 1160. The van der Waals surface area contributed by atoms with Gasteiger partial charge >= 0.3 is 0 Å². The maximum atomic E-state index is 9.90. The zero-order chi connectivity index (χ0) is 22.3. The first kappa shape index (κ1) is 21.3. The summed E-state index contributed by atoms with van der Waals surface area (Å²) in [5.41, 5.74) is 3.66. The van der Waals surface area contributed by atoms with Crippen LogP contribution in [-0.2, 0) is 13.1 Å². The Hall–Kier alpha value is -3.97. The predicted molar refractivity (Wildman–Crippen MR) is 124 cm³/mol. The zero-order valence-electron chi connectivity index (χ0n) is 17.0. The lowest BCUT2D eigenvalue weighted by Gasteiger charge is -2.24. The van der Waals surface area contributed by atoms with Crippen molar-refractivity contribution in [1.29, 1.82) is 0 Å². The van der Waals surface area contributed by atoms with E-state index in [-0.39, 0.29) is 22.2 Å². The van der Waals surface area contributed by atoms with Gasteiger partial charge in [0.2, 0.25) is 0 Å². The molecule has 8 heteroatoms. The van der Waals surface area contributed by atoms with Crippen LogP contribution >= 0.6 is 11.6 Å². The van der Waals surface area contributed by atoms with Gasteiger partial charge in [-0.2, -0.15) is 5.11 Å². The van der Waals surface area contributed by atoms with Crippen molar-refractivity contribution in [2.45, 2.75) is 13.1 Å². The molecule has 2 aromatic heterocycles. The summed E-state index contributed by atoms with van der Waals surface area (Å²) in [7, 11) is 0. The molecule has 0 spiro atoms. The number of rotatable bonds is 7. The molecule has 0 radical (unpaired) electrons. The van der Waals surface area contributed by atoms with Crippen LogP contribution in [0.5, 0.6) is 11.5 Å². The number of azo groups is 1. The number of phenolic OH excluding ortho intramolecular Hbond substituents is 2. The van der Waals surface area contributed by atoms with Crippen LogP contribution in [0.3, 0.4) is 0 Å². The smallest absolute Gasteiger partial charge is 0.146 e. The molecule has 2 aromatic carbocycles. The van der Waals surface area contributed by atoms with Gasteiger partial charge in [-0.15, -0.1) is 5.11 Å². The van der Waals surface area contributed by atoms with E-state index in [1.54, 1.807) is 12.4 Å². The minimum atomic E-state index is -0.214. The fraction of sp³-hybridized carbons (Fsp3) is 0.0833. The number of phenols is 2. The molecule has 0 unspecified atom stereocenters. The van der Waals surface area contributed by atoms with Crippen LogP contribution in [0.1, 0.15) is 11.4 Å². The Kier molecular flexibility index (Phi) is 6.57. The van der Waals surface area contributed by atoms with Crippen LogP contribution in [0, 0.1) is 0 Å². The van der Waals surface area contributed by atoms with E-state index in [4.69, 9.17) is 11.6 Å². The number of anilines is 1. The SMILES string of the molecule is Oc1cc(O)c(/N=N/c2ccc(N(Cc3ccccn3)Cc3ccccn3)cc2)cc1Cl. The maximum absolute atomic E-state index is 9.90. The molecule has 7 nitrogen and oxygen atoms in total. The molecule has 0 aliphatic heterocycles. The number of benzene rings is 2. The summed E-state index contributed by atoms with van der Waals surface area (Å²) >= 11 is 5.88. The number of hydrogen-bond acceptors (Lipinski definition) is 7. The third-order valence-corrected chi connectivity index (χ3v) is 4.99. The molecule has 160 valence electrons. The van der Waals surface area contributed by atoms with Gasteiger partial charge in [0.15, 0.2) is 0 Å². The minimum Gasteiger partial charge on any atom is -0.506 e. The van der Waals surface area contributed by atoms with Gasteiger partial charge in [-0.25, -0.2) is 0 Å². The number of halogens is 1. The van der Waals surface area contributed by atoms with Gasteiger partial charge in [-0.05, 0) is 54.6 Å². The second-order valence-electron chi connectivity index (χ2n) is 7.01. The van der Waals surface area contributed by atoms with E-state index in [0.717, 1.165) is 23.1 Å². The Morgan fingerprint density at radius 1 is 0.750 bits per heavy atom. The van der Waals surface area contributed by atoms with Crippen LogP contribution < -0.4 is 4.90 Å². The Balaban J connectivity index is 1.55. The molecule has 0 saturated heterocycles. The molecule has 32 heavy (non-hydrogen) atoms. The molecule has 0 amide bonds. The van der Waals surface area contributed by atoms with Gasteiger partial charge in [0.25, 0.3) is 0 Å². The average molecular weight is 446 g/mol. The van der Waals surface area contributed by atoms with Crippen molar-refractivity contribution in [1.82, 2.24) is 9.97 Å². The lowest BCUT2D eigenvalue weighted by Crippen LogP contribution is -2.23. The molecule has 0 bridgehead atoms. The monoisotopic (exact) mass is 445 g/mol. The summed E-state index contributed by atoms with van der Waals surface area (Å²) < 4.78 is 0. The van der Waals surface area contributed by atoms with Gasteiger partial charge in [0.1, 0.15) is 17.2 Å². The number of aromatic nitrogens is 2. The van der Waals surface area contributed by atoms with Crippen molar-refractivity contribution in [3.05, 3.63) is 102 Å². The molecule has 0 aliphatic rings. The third kappa shape index (κ3) is 5.39. The van der Waals surface area contributed by atoms with Gasteiger partial charge in [-0.1, -0.05) is 23.7 Å². The molecule has 0 fully saturated rings. The van der Waals surface area contributed by atoms with Crippen molar-refractivity contribution < 1.29 is 10.2 Å². The predicted octanol–water partition coefficient (Wildman–Crippen LogP) is 6.16. The summed E-state index contributed by atoms with van der Waals surface area (Å²) in [6, 6.07) is 21.8. The molecule has 2 N–H and O–H groups in total. The van der Waals surface area contributed by atoms with Crippen LogP contribution in [-0.4, -0.2) is 20.2 Å². The standard InChI is InChI=1S/C24H20ClN5O2/c25-21-13-22(24(32)14-23(21)31)29-28-17-7-9-20(10-8-17)30(15-18-5-1-3-11-26-18)16-19-6-2-4-12-27-19/h1-14,31-32H,15-16H2/b29-28+. The van der Waals surface area contributed by atoms with E-state index < -0.39 is 0 Å². The van der Waals surface area contributed by atoms with E-state index in [1.165, 1.54) is 6.07 Å². The molecule has 0 saturated carbocycles. The summed E-state index contributed by atoms with van der Waals surface area (Å²) in [5, 5.41) is 27.7. The number of nitrogens with zero attached hydrogens (tertiary/aromatic N) is 5. The molecule has 0 aliphatic carbocycles. The number of pyridine rings is 2. The fourth-order valence-electron chi connectivity index (χ4n) is 3.08. The van der Waals surface area contributed by atoms with Crippen molar-refractivity contribution in [2.24, 2.45) is 10.2 Å². The van der Waals surface area contributed by atoms with Gasteiger partial charge in [0.05, 0.1) is 35.2 Å². The van der Waals surface area contributed by atoms with Gasteiger partial charge in [0, 0.05) is 24.1 Å². The first-order valence-electron chi connectivity index (χ1n) is 9.86. The lowest BCUT2D eigenvalue weighted by atomic mass is 10.2. The molecular weight excluding hydrogens is 426 g/mol. The van der Waals surface area contributed by atoms with Crippen molar-refractivity contribution in [3.8, 4) is 11.5 Å². The molecule has 4 rings (SSSR count). The third-order valence-electron chi connectivity index (χ3n) is 4.69. The van der Waals surface area contributed by atoms with E-state index in [0.29, 0.717) is 18.8 Å². The average Bonchev–Trinajstić information content (AvgIpc) is 2.82. The normalized spacial score (nSPS) is 11.0. The van der Waals surface area contributed by atoms with Crippen molar-refractivity contribution in [2.75, 3.05) is 4.90 Å². The zero-order valence-corrected chi connectivity index (χ0v) is 17.8. The highest BCUT2D eigenvalue weighted by atomic mass is 35.5. The highest BCUT2D eigenvalue weighted by molar-refractivity contribution is 6.32. The van der Waals surface area contributed by atoms with Crippen molar-refractivity contribution in [3.63, 3.8) is 0 Å². The second-order valence-corrected chi connectivity index (χ2v) is 7.41. The quantitative estimate of drug-likeness (QED) is 0.332. The summed E-state index contributed by atoms with van der Waals surface area (Å²) in [5.74, 6) is -0.419. The summed E-state index contributed by atoms with van der Waals surface area (Å²) in [6.45, 7) is 1.25. The van der Waals surface area contributed by atoms with Gasteiger partial charge < -0.3 is 15.1 Å². The highest BCUT2D eigenvalue weighted by Crippen LogP contribution is 2.37. The topological polar surface area (TPSA) is 94.2 Å². The Morgan fingerprint density at radius 2 is 1.38 bits per heavy atom. The van der Waals surface area contributed by atoms with E-state index in [2.05, 4.69) is 25.1 Å². The molecular formula is C24H20ClN5O2. The number of hydrogen-bond donors (Lipinski definition) is 2. The highest BCUT2D eigenvalue weighted by Gasteiger charge is 2.11. The first-order chi connectivity index (χ1) is 15.6. The van der Waals surface area contributed by atoms with Crippen LogP contribution in [0.2, 0.25) is 5.02 Å². The van der Waals surface area contributed by atoms with E-state index >= 15 is 0 Å². The Labute approximate surface area is 190 Å². The number of aromatic hydroxyl groups is 2. The van der Waals surface area contributed by atoms with E-state index in [1.807, 2.05) is 60.7 Å². The van der Waals surface area contributed by atoms with Crippen LogP contribution in [0.4, 0.5) is 17.1 Å². The Morgan fingerprint density at radius 3 is 1.94 bits per heavy atom.